The molecule has 0 spiro atoms. The molecular formula is C29H33ClFN7O3. The lowest BCUT2D eigenvalue weighted by molar-refractivity contribution is -0.111. The average Bonchev–Trinajstić information content (AvgIpc) is 3.64. The average molecular weight is 582 g/mol. The van der Waals surface area contributed by atoms with Crippen molar-refractivity contribution in [3.8, 4) is 5.75 Å². The Morgan fingerprint density at radius 2 is 2.05 bits per heavy atom. The van der Waals surface area contributed by atoms with Crippen LogP contribution in [-0.2, 0) is 9.63 Å². The van der Waals surface area contributed by atoms with Crippen molar-refractivity contribution >= 4 is 46.2 Å². The van der Waals surface area contributed by atoms with Gasteiger partial charge < -0.3 is 25.2 Å². The van der Waals surface area contributed by atoms with Gasteiger partial charge in [-0.3, -0.25) is 9.63 Å². The Hall–Kier alpha value is -3.93. The van der Waals surface area contributed by atoms with Crippen molar-refractivity contribution in [2.45, 2.75) is 24.9 Å². The van der Waals surface area contributed by atoms with Gasteiger partial charge in [0.05, 0.1) is 36.8 Å². The lowest BCUT2D eigenvalue weighted by atomic mass is 10.0. The van der Waals surface area contributed by atoms with Gasteiger partial charge in [-0.05, 0) is 44.8 Å². The van der Waals surface area contributed by atoms with E-state index in [0.29, 0.717) is 58.4 Å². The lowest BCUT2D eigenvalue weighted by Gasteiger charge is -2.26. The van der Waals surface area contributed by atoms with Gasteiger partial charge in [-0.25, -0.2) is 19.4 Å². The SMILES string of the molecule is C=CC(=O)Nc1cc(Nc2cc(N3OCCC3c3ccc(Cl)cc3F)ncn2)c(OC)cc1N1CCC(N(C)C)C1. The van der Waals surface area contributed by atoms with Crippen LogP contribution in [-0.4, -0.2) is 67.7 Å². The molecule has 1 amide bonds. The van der Waals surface area contributed by atoms with E-state index in [1.807, 2.05) is 12.1 Å². The molecule has 1 aromatic heterocycles. The number of nitrogens with zero attached hydrogens (tertiary/aromatic N) is 5. The van der Waals surface area contributed by atoms with Gasteiger partial charge in [0.2, 0.25) is 5.91 Å². The van der Waals surface area contributed by atoms with E-state index in [4.69, 9.17) is 21.2 Å². The number of rotatable bonds is 9. The number of aromatic nitrogens is 2. The van der Waals surface area contributed by atoms with E-state index in [0.717, 1.165) is 25.2 Å². The third-order valence-corrected chi connectivity index (χ3v) is 7.60. The van der Waals surface area contributed by atoms with Gasteiger partial charge in [0.15, 0.2) is 5.82 Å². The van der Waals surface area contributed by atoms with E-state index < -0.39 is 5.82 Å². The van der Waals surface area contributed by atoms with E-state index in [1.165, 1.54) is 18.5 Å². The van der Waals surface area contributed by atoms with E-state index >= 15 is 0 Å². The zero-order chi connectivity index (χ0) is 29.1. The van der Waals surface area contributed by atoms with Crippen molar-refractivity contribution in [1.29, 1.82) is 0 Å². The summed E-state index contributed by atoms with van der Waals surface area (Å²) in [5.74, 6) is 0.771. The summed E-state index contributed by atoms with van der Waals surface area (Å²) in [5, 5.41) is 8.13. The van der Waals surface area contributed by atoms with Crippen LogP contribution in [0, 0.1) is 5.82 Å². The first-order valence-corrected chi connectivity index (χ1v) is 13.7. The molecule has 0 saturated carbocycles. The van der Waals surface area contributed by atoms with Gasteiger partial charge in [0.25, 0.3) is 0 Å². The third-order valence-electron chi connectivity index (χ3n) is 7.36. The molecule has 12 heteroatoms. The monoisotopic (exact) mass is 581 g/mol. The Balaban J connectivity index is 1.44. The molecular weight excluding hydrogens is 549 g/mol. The number of ether oxygens (including phenoxy) is 1. The van der Waals surface area contributed by atoms with Crippen molar-refractivity contribution in [2.75, 3.05) is 61.5 Å². The summed E-state index contributed by atoms with van der Waals surface area (Å²) in [6, 6.07) is 10.1. The van der Waals surface area contributed by atoms with E-state index in [-0.39, 0.29) is 11.9 Å². The molecule has 2 N–H and O–H groups in total. The minimum absolute atomic E-state index is 0.318. The standard InChI is InChI=1S/C29H33ClFN7O3/c1-5-29(39)35-22-13-23(26(40-4)14-25(22)37-10-8-19(16-37)36(2)3)34-27-15-28(33-17-32-27)38-24(9-11-41-38)20-7-6-18(30)12-21(20)31/h5-7,12-15,17,19,24H,1,8-11,16H2,2-4H3,(H,35,39)(H,32,33,34). The molecule has 10 nitrogen and oxygen atoms in total. The Morgan fingerprint density at radius 3 is 2.76 bits per heavy atom. The minimum Gasteiger partial charge on any atom is -0.494 e. The molecule has 2 fully saturated rings. The predicted octanol–water partition coefficient (Wildman–Crippen LogP) is 5.17. The molecule has 216 valence electrons. The van der Waals surface area contributed by atoms with Gasteiger partial charge in [0.1, 0.15) is 23.7 Å². The molecule has 2 aromatic carbocycles. The number of likely N-dealkylation sites (N-methyl/N-ethyl adjacent to an activating group) is 1. The number of amides is 1. The van der Waals surface area contributed by atoms with Crippen LogP contribution in [0.2, 0.25) is 5.02 Å². The van der Waals surface area contributed by atoms with Gasteiger partial charge >= 0.3 is 0 Å². The maximum Gasteiger partial charge on any atom is 0.247 e. The summed E-state index contributed by atoms with van der Waals surface area (Å²) in [6.45, 7) is 5.66. The number of anilines is 5. The molecule has 3 aromatic rings. The van der Waals surface area contributed by atoms with Crippen molar-refractivity contribution in [2.24, 2.45) is 0 Å². The molecule has 2 aliphatic rings. The molecule has 5 rings (SSSR count). The highest BCUT2D eigenvalue weighted by Gasteiger charge is 2.32. The highest BCUT2D eigenvalue weighted by molar-refractivity contribution is 6.30. The topological polar surface area (TPSA) is 95.1 Å². The fourth-order valence-electron chi connectivity index (χ4n) is 5.19. The Bertz CT molecular complexity index is 1440. The summed E-state index contributed by atoms with van der Waals surface area (Å²) < 4.78 is 20.5. The van der Waals surface area contributed by atoms with Crippen LogP contribution in [0.15, 0.2) is 55.4 Å². The Labute approximate surface area is 243 Å². The number of hydroxylamine groups is 1. The smallest absolute Gasteiger partial charge is 0.247 e. The van der Waals surface area contributed by atoms with Gasteiger partial charge in [-0.2, -0.15) is 0 Å². The molecule has 0 bridgehead atoms. The highest BCUT2D eigenvalue weighted by atomic mass is 35.5. The van der Waals surface area contributed by atoms with E-state index in [9.17, 15) is 9.18 Å². The number of hydrogen-bond donors (Lipinski definition) is 2. The molecule has 41 heavy (non-hydrogen) atoms. The van der Waals surface area contributed by atoms with Crippen LogP contribution in [0.4, 0.5) is 33.1 Å². The molecule has 2 aliphatic heterocycles. The van der Waals surface area contributed by atoms with Crippen molar-refractivity contribution in [3.63, 3.8) is 0 Å². The minimum atomic E-state index is -0.403. The largest absolute Gasteiger partial charge is 0.494 e. The number of hydrogen-bond acceptors (Lipinski definition) is 9. The lowest BCUT2D eigenvalue weighted by Crippen LogP contribution is -2.31. The predicted molar refractivity (Wildman–Crippen MR) is 159 cm³/mol. The zero-order valence-electron chi connectivity index (χ0n) is 23.2. The Kier molecular flexibility index (Phi) is 8.57. The quantitative estimate of drug-likeness (QED) is 0.332. The van der Waals surface area contributed by atoms with Gasteiger partial charge in [0, 0.05) is 48.3 Å². The maximum absolute atomic E-state index is 14.7. The van der Waals surface area contributed by atoms with E-state index in [2.05, 4.69) is 51.1 Å². The number of carbonyl (C=O) groups is 1. The number of carbonyl (C=O) groups excluding carboxylic acids is 1. The van der Waals surface area contributed by atoms with E-state index in [1.54, 1.807) is 30.4 Å². The van der Waals surface area contributed by atoms with Gasteiger partial charge in [-0.1, -0.05) is 24.2 Å². The normalized spacial score (nSPS) is 18.6. The Morgan fingerprint density at radius 1 is 1.22 bits per heavy atom. The summed E-state index contributed by atoms with van der Waals surface area (Å²) in [6.07, 6.45) is 4.23. The summed E-state index contributed by atoms with van der Waals surface area (Å²) in [5.41, 5.74) is 2.53. The van der Waals surface area contributed by atoms with Crippen LogP contribution in [0.5, 0.6) is 5.75 Å². The highest BCUT2D eigenvalue weighted by Crippen LogP contribution is 2.41. The number of halogens is 2. The second-order valence-corrected chi connectivity index (χ2v) is 10.6. The summed E-state index contributed by atoms with van der Waals surface area (Å²) >= 11 is 5.96. The van der Waals surface area contributed by atoms with Crippen molar-refractivity contribution in [3.05, 3.63) is 71.8 Å². The maximum atomic E-state index is 14.7. The fraction of sp³-hybridized carbons (Fsp3) is 0.345. The van der Waals surface area contributed by atoms with Crippen molar-refractivity contribution in [1.82, 2.24) is 14.9 Å². The second-order valence-electron chi connectivity index (χ2n) is 10.1. The molecule has 2 saturated heterocycles. The van der Waals surface area contributed by atoms with Crippen LogP contribution in [0.1, 0.15) is 24.4 Å². The molecule has 0 aliphatic carbocycles. The molecule has 0 radical (unpaired) electrons. The first-order chi connectivity index (χ1) is 19.8. The van der Waals surface area contributed by atoms with Crippen LogP contribution in [0.3, 0.4) is 0 Å². The number of benzene rings is 2. The first-order valence-electron chi connectivity index (χ1n) is 13.3. The number of methoxy groups -OCH3 is 1. The fourth-order valence-corrected chi connectivity index (χ4v) is 5.35. The van der Waals surface area contributed by atoms with Crippen LogP contribution < -0.4 is 25.3 Å². The van der Waals surface area contributed by atoms with Gasteiger partial charge in [-0.15, -0.1) is 0 Å². The van der Waals surface area contributed by atoms with Crippen LogP contribution >= 0.6 is 11.6 Å². The summed E-state index contributed by atoms with van der Waals surface area (Å²) in [7, 11) is 5.73. The first kappa shape index (κ1) is 28.6. The zero-order valence-corrected chi connectivity index (χ0v) is 24.0. The third kappa shape index (κ3) is 6.22. The molecule has 2 unspecified atom stereocenters. The van der Waals surface area contributed by atoms with Crippen molar-refractivity contribution < 1.29 is 18.8 Å². The summed E-state index contributed by atoms with van der Waals surface area (Å²) in [4.78, 5) is 31.4. The van der Waals surface area contributed by atoms with Crippen LogP contribution in [0.25, 0.3) is 0 Å². The second kappa shape index (κ2) is 12.3. The molecule has 3 heterocycles. The molecule has 2 atom stereocenters. The number of nitrogens with one attached hydrogen (secondary N) is 2.